The maximum Gasteiger partial charge on any atom is 0.141 e. The van der Waals surface area contributed by atoms with Gasteiger partial charge in [0.1, 0.15) is 5.82 Å². The zero-order chi connectivity index (χ0) is 15.0. The maximum atomic E-state index is 11.0. The van der Waals surface area contributed by atoms with Gasteiger partial charge in [-0.1, -0.05) is 18.2 Å². The SMILES string of the molecule is Cc1cc(C)c(C=S=O)c(-c2nc3ccccc3[nH]2)c1N. The predicted octanol–water partition coefficient (Wildman–Crippen LogP) is 2.79. The number of aryl methyl sites for hydroxylation is 2. The van der Waals surface area contributed by atoms with Crippen LogP contribution in [0.3, 0.4) is 0 Å². The summed E-state index contributed by atoms with van der Waals surface area (Å²) < 4.78 is 11.0. The van der Waals surface area contributed by atoms with Crippen LogP contribution in [0.25, 0.3) is 22.4 Å². The molecule has 2 aromatic carbocycles. The first-order chi connectivity index (χ1) is 10.1. The number of benzene rings is 2. The summed E-state index contributed by atoms with van der Waals surface area (Å²) in [6.45, 7) is 3.93. The average Bonchev–Trinajstić information content (AvgIpc) is 2.88. The van der Waals surface area contributed by atoms with E-state index in [1.54, 1.807) is 5.37 Å². The van der Waals surface area contributed by atoms with E-state index in [0.29, 0.717) is 22.8 Å². The van der Waals surface area contributed by atoms with Gasteiger partial charge in [0, 0.05) is 22.2 Å². The molecule has 106 valence electrons. The Balaban J connectivity index is 2.37. The number of imidazole rings is 1. The van der Waals surface area contributed by atoms with Gasteiger partial charge in [-0.25, -0.2) is 9.19 Å². The van der Waals surface area contributed by atoms with Gasteiger partial charge in [0.05, 0.1) is 22.3 Å². The van der Waals surface area contributed by atoms with E-state index >= 15 is 0 Å². The van der Waals surface area contributed by atoms with Crippen LogP contribution < -0.4 is 5.73 Å². The van der Waals surface area contributed by atoms with Crippen molar-refractivity contribution in [1.82, 2.24) is 9.97 Å². The van der Waals surface area contributed by atoms with E-state index in [2.05, 4.69) is 9.97 Å². The van der Waals surface area contributed by atoms with E-state index in [4.69, 9.17) is 5.73 Å². The number of aromatic amines is 1. The molecule has 3 rings (SSSR count). The molecule has 0 radical (unpaired) electrons. The van der Waals surface area contributed by atoms with Crippen LogP contribution in [0.2, 0.25) is 0 Å². The number of para-hydroxylation sites is 2. The van der Waals surface area contributed by atoms with Crippen molar-refractivity contribution in [2.24, 2.45) is 0 Å². The number of H-pyrrole nitrogens is 1. The Morgan fingerprint density at radius 1 is 1.24 bits per heavy atom. The number of hydrogen-bond donors (Lipinski definition) is 2. The van der Waals surface area contributed by atoms with Crippen molar-refractivity contribution in [1.29, 1.82) is 0 Å². The highest BCUT2D eigenvalue weighted by molar-refractivity contribution is 7.65. The molecule has 0 spiro atoms. The van der Waals surface area contributed by atoms with Crippen LogP contribution in [-0.4, -0.2) is 19.5 Å². The van der Waals surface area contributed by atoms with Crippen molar-refractivity contribution >= 4 is 33.3 Å². The number of nitrogen functional groups attached to an aromatic ring is 1. The van der Waals surface area contributed by atoms with E-state index in [1.807, 2.05) is 44.2 Å². The standard InChI is InChI=1S/C16H15N3OS/c1-9-7-10(2)15(17)14(11(9)8-21-20)16-18-12-5-3-4-6-13(12)19-16/h3-8H,17H2,1-2H3,(H,18,19). The topological polar surface area (TPSA) is 71.8 Å². The van der Waals surface area contributed by atoms with Gasteiger partial charge in [-0.2, -0.15) is 0 Å². The average molecular weight is 297 g/mol. The molecule has 0 aliphatic heterocycles. The van der Waals surface area contributed by atoms with Crippen molar-refractivity contribution in [3.63, 3.8) is 0 Å². The minimum atomic E-state index is 0.427. The Hall–Kier alpha value is -2.40. The molecular formula is C16H15N3OS. The van der Waals surface area contributed by atoms with Gasteiger partial charge in [-0.15, -0.1) is 0 Å². The molecule has 1 heterocycles. The fourth-order valence-corrected chi connectivity index (χ4v) is 2.95. The second-order valence-corrected chi connectivity index (χ2v) is 5.46. The van der Waals surface area contributed by atoms with Gasteiger partial charge >= 0.3 is 0 Å². The summed E-state index contributed by atoms with van der Waals surface area (Å²) in [5, 5.41) is 1.58. The number of hydrogen-bond acceptors (Lipinski definition) is 3. The third-order valence-electron chi connectivity index (χ3n) is 3.61. The van der Waals surface area contributed by atoms with Crippen LogP contribution in [0.5, 0.6) is 0 Å². The van der Waals surface area contributed by atoms with Gasteiger partial charge in [0.2, 0.25) is 0 Å². The molecule has 0 saturated heterocycles. The number of nitrogens with zero attached hydrogens (tertiary/aromatic N) is 1. The first-order valence-electron chi connectivity index (χ1n) is 6.58. The largest absolute Gasteiger partial charge is 0.398 e. The molecule has 5 heteroatoms. The molecule has 1 aromatic heterocycles. The van der Waals surface area contributed by atoms with Gasteiger partial charge in [0.15, 0.2) is 0 Å². The monoisotopic (exact) mass is 297 g/mol. The lowest BCUT2D eigenvalue weighted by Crippen LogP contribution is -2.02. The lowest BCUT2D eigenvalue weighted by atomic mass is 9.97. The van der Waals surface area contributed by atoms with Crippen molar-refractivity contribution in [2.75, 3.05) is 5.73 Å². The quantitative estimate of drug-likeness (QED) is 0.564. The molecule has 21 heavy (non-hydrogen) atoms. The zero-order valence-corrected chi connectivity index (χ0v) is 12.6. The lowest BCUT2D eigenvalue weighted by Gasteiger charge is -2.12. The highest BCUT2D eigenvalue weighted by Gasteiger charge is 2.16. The molecule has 4 nitrogen and oxygen atoms in total. The molecular weight excluding hydrogens is 282 g/mol. The summed E-state index contributed by atoms with van der Waals surface area (Å²) in [6.07, 6.45) is 0. The normalized spacial score (nSPS) is 10.8. The Morgan fingerprint density at radius 2 is 2.00 bits per heavy atom. The summed E-state index contributed by atoms with van der Waals surface area (Å²) >= 11 is 0.427. The highest BCUT2D eigenvalue weighted by Crippen LogP contribution is 2.33. The van der Waals surface area contributed by atoms with E-state index in [-0.39, 0.29) is 0 Å². The minimum Gasteiger partial charge on any atom is -0.398 e. The van der Waals surface area contributed by atoms with E-state index in [1.165, 1.54) is 0 Å². The summed E-state index contributed by atoms with van der Waals surface area (Å²) in [5.41, 5.74) is 12.4. The molecule has 0 bridgehead atoms. The Bertz CT molecular complexity index is 859. The summed E-state index contributed by atoms with van der Waals surface area (Å²) in [5.74, 6) is 0.695. The van der Waals surface area contributed by atoms with Gasteiger partial charge in [0.25, 0.3) is 0 Å². The van der Waals surface area contributed by atoms with E-state index in [0.717, 1.165) is 33.3 Å². The van der Waals surface area contributed by atoms with Gasteiger partial charge < -0.3 is 10.7 Å². The highest BCUT2D eigenvalue weighted by atomic mass is 32.1. The van der Waals surface area contributed by atoms with Gasteiger partial charge in [-0.3, -0.25) is 0 Å². The fraction of sp³-hybridized carbons (Fsp3) is 0.125. The third kappa shape index (κ3) is 2.25. The summed E-state index contributed by atoms with van der Waals surface area (Å²) in [7, 11) is 0. The first-order valence-corrected chi connectivity index (χ1v) is 7.39. The van der Waals surface area contributed by atoms with Crippen molar-refractivity contribution in [3.8, 4) is 11.4 Å². The van der Waals surface area contributed by atoms with E-state index < -0.39 is 0 Å². The maximum absolute atomic E-state index is 11.0. The Labute approximate surface area is 126 Å². The molecule has 0 fully saturated rings. The molecule has 0 saturated carbocycles. The first kappa shape index (κ1) is 13.6. The number of fused-ring (bicyclic) bond motifs is 1. The van der Waals surface area contributed by atoms with Crippen molar-refractivity contribution < 1.29 is 4.21 Å². The molecule has 0 aliphatic rings. The number of aromatic nitrogens is 2. The molecule has 3 aromatic rings. The van der Waals surface area contributed by atoms with Crippen molar-refractivity contribution in [3.05, 3.63) is 47.0 Å². The molecule has 0 amide bonds. The van der Waals surface area contributed by atoms with Crippen LogP contribution >= 0.6 is 0 Å². The van der Waals surface area contributed by atoms with Gasteiger partial charge in [-0.05, 0) is 37.1 Å². The number of nitrogens with two attached hydrogens (primary N) is 1. The van der Waals surface area contributed by atoms with Crippen LogP contribution in [0.1, 0.15) is 16.7 Å². The molecule has 3 N–H and O–H groups in total. The molecule has 0 unspecified atom stereocenters. The smallest absolute Gasteiger partial charge is 0.141 e. The number of nitrogens with one attached hydrogen (secondary N) is 1. The predicted molar refractivity (Wildman–Crippen MR) is 88.7 cm³/mol. The van der Waals surface area contributed by atoms with E-state index in [9.17, 15) is 4.21 Å². The van der Waals surface area contributed by atoms with Crippen LogP contribution in [0.15, 0.2) is 30.3 Å². The Morgan fingerprint density at radius 3 is 2.71 bits per heavy atom. The minimum absolute atomic E-state index is 0.427. The number of rotatable bonds is 2. The van der Waals surface area contributed by atoms with Crippen molar-refractivity contribution in [2.45, 2.75) is 13.8 Å². The van der Waals surface area contributed by atoms with Crippen LogP contribution in [0.4, 0.5) is 5.69 Å². The lowest BCUT2D eigenvalue weighted by molar-refractivity contribution is 0.701. The molecule has 0 atom stereocenters. The second-order valence-electron chi connectivity index (χ2n) is 5.03. The Kier molecular flexibility index (Phi) is 3.35. The number of anilines is 1. The summed E-state index contributed by atoms with van der Waals surface area (Å²) in [4.78, 5) is 7.89. The van der Waals surface area contributed by atoms with Crippen LogP contribution in [0, 0.1) is 13.8 Å². The second kappa shape index (κ2) is 5.18. The fourth-order valence-electron chi connectivity index (χ4n) is 2.55. The summed E-state index contributed by atoms with van der Waals surface area (Å²) in [6, 6.07) is 9.80. The zero-order valence-electron chi connectivity index (χ0n) is 11.8. The van der Waals surface area contributed by atoms with Crippen LogP contribution in [-0.2, 0) is 11.3 Å². The molecule has 0 aliphatic carbocycles. The third-order valence-corrected chi connectivity index (χ3v) is 3.95.